The predicted molar refractivity (Wildman–Crippen MR) is 51.6 cm³/mol. The molecule has 0 aromatic rings. The maximum absolute atomic E-state index is 12.9. The summed E-state index contributed by atoms with van der Waals surface area (Å²) in [7, 11) is -5.71. The van der Waals surface area contributed by atoms with E-state index in [9.17, 15) is 53.8 Å². The molecule has 0 aliphatic rings. The second-order valence-electron chi connectivity index (χ2n) is 4.01. The Morgan fingerprint density at radius 3 is 1.79 bits per heavy atom. The Morgan fingerprint density at radius 2 is 1.50 bits per heavy atom. The zero-order chi connectivity index (χ0) is 18.9. The Hall–Kier alpha value is -0.640. The van der Waals surface area contributed by atoms with Crippen molar-refractivity contribution in [2.45, 2.75) is 36.3 Å². The number of rotatable bonds is 7. The first-order valence-corrected chi connectivity index (χ1v) is 6.61. The molecule has 0 rings (SSSR count). The van der Waals surface area contributed by atoms with Crippen LogP contribution in [0.4, 0.5) is 30.7 Å². The second kappa shape index (κ2) is 8.16. The molecule has 1 N–H and O–H groups in total. The van der Waals surface area contributed by atoms with Gasteiger partial charge in [-0.3, -0.25) is 9.35 Å². The van der Waals surface area contributed by atoms with Gasteiger partial charge >= 0.3 is 53.7 Å². The van der Waals surface area contributed by atoms with Gasteiger partial charge in [-0.25, -0.2) is 0 Å². The Balaban J connectivity index is 0. The first kappa shape index (κ1) is 25.6. The van der Waals surface area contributed by atoms with Crippen LogP contribution in [0.25, 0.3) is 0 Å². The number of hydrogen-bond donors (Lipinski definition) is 1. The number of alkyl halides is 7. The smallest absolute Gasteiger partial charge is 0.550 e. The van der Waals surface area contributed by atoms with Crippen molar-refractivity contribution in [3.05, 3.63) is 0 Å². The van der Waals surface area contributed by atoms with E-state index in [4.69, 9.17) is 4.55 Å². The number of carbonyl (C=O) groups excluding carboxylic acids is 2. The van der Waals surface area contributed by atoms with Crippen LogP contribution in [0.2, 0.25) is 0 Å². The molecule has 24 heavy (non-hydrogen) atoms. The van der Waals surface area contributed by atoms with Crippen molar-refractivity contribution in [3.8, 4) is 0 Å². The van der Waals surface area contributed by atoms with Gasteiger partial charge in [-0.05, 0) is 0 Å². The molecule has 0 spiro atoms. The average molecular weight is 402 g/mol. The van der Waals surface area contributed by atoms with Crippen LogP contribution in [0.15, 0.2) is 0 Å². The Kier molecular flexibility index (Phi) is 8.70. The third-order valence-electron chi connectivity index (χ3n) is 2.05. The van der Waals surface area contributed by atoms with Gasteiger partial charge in [0.2, 0.25) is 0 Å². The third kappa shape index (κ3) is 7.96. The van der Waals surface area contributed by atoms with Crippen LogP contribution < -0.4 is 34.7 Å². The van der Waals surface area contributed by atoms with Crippen LogP contribution >= 0.6 is 0 Å². The van der Waals surface area contributed by atoms with Crippen LogP contribution in [0.3, 0.4) is 0 Å². The Morgan fingerprint density at radius 1 is 1.08 bits per heavy atom. The molecule has 0 aromatic heterocycles. The topological polar surface area (TPSA) is 121 Å². The van der Waals surface area contributed by atoms with Crippen molar-refractivity contribution in [2.24, 2.45) is 0 Å². The van der Waals surface area contributed by atoms with E-state index in [2.05, 4.69) is 4.74 Å². The van der Waals surface area contributed by atoms with Crippen molar-refractivity contribution in [2.75, 3.05) is 0 Å². The summed E-state index contributed by atoms with van der Waals surface area (Å²) in [5.74, 6) is -11.3. The van der Waals surface area contributed by atoms with E-state index in [0.717, 1.165) is 0 Å². The molecule has 16 heteroatoms. The molecule has 0 aliphatic heterocycles. The van der Waals surface area contributed by atoms with Crippen LogP contribution in [0.5, 0.6) is 0 Å². The van der Waals surface area contributed by atoms with Gasteiger partial charge < -0.3 is 14.6 Å². The number of hydrogen-bond acceptors (Lipinski definition) is 6. The van der Waals surface area contributed by atoms with Crippen molar-refractivity contribution >= 4 is 22.1 Å². The zero-order valence-electron chi connectivity index (χ0n) is 11.4. The van der Waals surface area contributed by atoms with Crippen LogP contribution in [0.1, 0.15) is 12.8 Å². The predicted octanol–water partition coefficient (Wildman–Crippen LogP) is -2.89. The fraction of sp³-hybridized carbons (Fsp3) is 0.750. The van der Waals surface area contributed by atoms with Gasteiger partial charge in [0.1, 0.15) is 6.42 Å². The minimum Gasteiger partial charge on any atom is -0.550 e. The molecule has 0 radical (unpaired) electrons. The van der Waals surface area contributed by atoms with Gasteiger partial charge in [-0.1, -0.05) is 0 Å². The molecule has 0 aliphatic carbocycles. The quantitative estimate of drug-likeness (QED) is 0.210. The van der Waals surface area contributed by atoms with Gasteiger partial charge in [-0.15, -0.1) is 0 Å². The van der Waals surface area contributed by atoms with E-state index in [1.54, 1.807) is 0 Å². The maximum atomic E-state index is 12.9. The van der Waals surface area contributed by atoms with Gasteiger partial charge in [0.15, 0.2) is 5.25 Å². The van der Waals surface area contributed by atoms with Crippen LogP contribution in [-0.2, 0) is 24.4 Å². The molecular formula is C8H6F7NaO7S. The van der Waals surface area contributed by atoms with Crippen molar-refractivity contribution in [1.82, 2.24) is 0 Å². The largest absolute Gasteiger partial charge is 1.00 e. The number of aliphatic carboxylic acids is 1. The monoisotopic (exact) mass is 402 g/mol. The molecule has 0 fully saturated rings. The first-order valence-electron chi connectivity index (χ1n) is 5.10. The van der Waals surface area contributed by atoms with E-state index in [1.165, 1.54) is 0 Å². The number of carboxylic acids is 1. The normalized spacial score (nSPS) is 14.5. The van der Waals surface area contributed by atoms with Crippen LogP contribution in [-0.4, -0.2) is 48.4 Å². The SMILES string of the molecule is O=C([O-])CC(C(=O)OC(F)(F)C(F)(F)CC(F)(F)F)S(=O)(=O)O.[Na+]. The average Bonchev–Trinajstić information content (AvgIpc) is 2.19. The standard InChI is InChI=1S/C8H7F7O7S.Na/c9-6(10,2-7(11,12)13)8(14,15)22-5(18)3(1-4(16)17)23(19,20)21;/h3H,1-2H2,(H,16,17)(H,19,20,21);/q;+1/p-1. The Bertz CT molecular complexity index is 574. The molecule has 0 saturated carbocycles. The fourth-order valence-electron chi connectivity index (χ4n) is 1.08. The minimum atomic E-state index is -6.13. The van der Waals surface area contributed by atoms with Crippen molar-refractivity contribution in [1.29, 1.82) is 0 Å². The molecular weight excluding hydrogens is 396 g/mol. The fourth-order valence-corrected chi connectivity index (χ4v) is 1.72. The van der Waals surface area contributed by atoms with Crippen molar-refractivity contribution in [3.63, 3.8) is 0 Å². The minimum absolute atomic E-state index is 0. The zero-order valence-corrected chi connectivity index (χ0v) is 14.3. The summed E-state index contributed by atoms with van der Waals surface area (Å²) in [5.41, 5.74) is 0. The molecule has 136 valence electrons. The maximum Gasteiger partial charge on any atom is 1.00 e. The Labute approximate surface area is 151 Å². The van der Waals surface area contributed by atoms with E-state index in [0.29, 0.717) is 0 Å². The molecule has 1 atom stereocenters. The van der Waals surface area contributed by atoms with Crippen molar-refractivity contribution < 1.29 is 92.7 Å². The van der Waals surface area contributed by atoms with E-state index in [-0.39, 0.29) is 29.6 Å². The summed E-state index contributed by atoms with van der Waals surface area (Å²) in [4.78, 5) is 21.1. The number of halogens is 7. The summed E-state index contributed by atoms with van der Waals surface area (Å²) in [6, 6.07) is 0. The van der Waals surface area contributed by atoms with E-state index < -0.39 is 58.4 Å². The summed E-state index contributed by atoms with van der Waals surface area (Å²) in [6.07, 6.45) is -17.3. The van der Waals surface area contributed by atoms with E-state index >= 15 is 0 Å². The molecule has 1 unspecified atom stereocenters. The van der Waals surface area contributed by atoms with Crippen LogP contribution in [0, 0.1) is 0 Å². The van der Waals surface area contributed by atoms with Gasteiger partial charge in [0.25, 0.3) is 10.1 Å². The summed E-state index contributed by atoms with van der Waals surface area (Å²) in [5, 5.41) is 6.84. The number of ether oxygens (including phenoxy) is 1. The second-order valence-corrected chi connectivity index (χ2v) is 5.61. The molecule has 7 nitrogen and oxygen atoms in total. The van der Waals surface area contributed by atoms with E-state index in [1.807, 2.05) is 0 Å². The summed E-state index contributed by atoms with van der Waals surface area (Å²) < 4.78 is 119. The number of esters is 1. The molecule has 0 amide bonds. The first-order chi connectivity index (χ1) is 9.89. The van der Waals surface area contributed by atoms with Gasteiger partial charge in [-0.2, -0.15) is 39.2 Å². The molecule has 0 saturated heterocycles. The molecule has 0 bridgehead atoms. The summed E-state index contributed by atoms with van der Waals surface area (Å²) >= 11 is 0. The molecule has 0 heterocycles. The number of carbonyl (C=O) groups is 2. The van der Waals surface area contributed by atoms with Gasteiger partial charge in [0, 0.05) is 12.4 Å². The van der Waals surface area contributed by atoms with Gasteiger partial charge in [0.05, 0.1) is 0 Å². The third-order valence-corrected chi connectivity index (χ3v) is 3.13. The summed E-state index contributed by atoms with van der Waals surface area (Å²) in [6.45, 7) is 0. The molecule has 0 aromatic carbocycles. The number of carboxylic acid groups (broad SMARTS) is 1.